The summed E-state index contributed by atoms with van der Waals surface area (Å²) in [6.07, 6.45) is 0. The van der Waals surface area contributed by atoms with E-state index in [0.29, 0.717) is 11.6 Å². The van der Waals surface area contributed by atoms with Crippen LogP contribution in [0.15, 0.2) is 40.2 Å². The second-order valence-electron chi connectivity index (χ2n) is 4.45. The van der Waals surface area contributed by atoms with E-state index >= 15 is 0 Å². The largest absolute Gasteiger partial charge is 0.507 e. The summed E-state index contributed by atoms with van der Waals surface area (Å²) in [5.41, 5.74) is 0.00217. The van der Waals surface area contributed by atoms with Gasteiger partial charge in [0, 0.05) is 0 Å². The van der Waals surface area contributed by atoms with E-state index in [-0.39, 0.29) is 23.8 Å². The number of methoxy groups -OCH3 is 1. The number of benzene rings is 1. The van der Waals surface area contributed by atoms with Crippen LogP contribution in [0.3, 0.4) is 0 Å². The van der Waals surface area contributed by atoms with Gasteiger partial charge in [0.25, 0.3) is 5.89 Å². The molecule has 0 atom stereocenters. The number of esters is 1. The van der Waals surface area contributed by atoms with Crippen LogP contribution in [-0.4, -0.2) is 28.3 Å². The fraction of sp³-hybridized carbons (Fsp3) is 0.133. The third-order valence-corrected chi connectivity index (χ3v) is 3.83. The van der Waals surface area contributed by atoms with Crippen LogP contribution >= 0.6 is 11.3 Å². The van der Waals surface area contributed by atoms with Crippen molar-refractivity contribution in [3.63, 3.8) is 0 Å². The van der Waals surface area contributed by atoms with Crippen LogP contribution in [0.2, 0.25) is 0 Å². The highest BCUT2D eigenvalue weighted by atomic mass is 32.1. The fourth-order valence-corrected chi connectivity index (χ4v) is 2.48. The first-order valence-electron chi connectivity index (χ1n) is 6.58. The molecule has 2 aromatic heterocycles. The molecule has 0 radical (unpaired) electrons. The summed E-state index contributed by atoms with van der Waals surface area (Å²) < 4.78 is 15.1. The van der Waals surface area contributed by atoms with Gasteiger partial charge in [0.1, 0.15) is 17.1 Å². The molecule has 0 unspecified atom stereocenters. The normalized spacial score (nSPS) is 10.5. The zero-order valence-corrected chi connectivity index (χ0v) is 12.9. The number of phenolic OH excluding ortho intramolecular Hbond substituents is 1. The maximum absolute atomic E-state index is 12.0. The monoisotopic (exact) mass is 332 g/mol. The predicted octanol–water partition coefficient (Wildman–Crippen LogP) is 2.87. The summed E-state index contributed by atoms with van der Waals surface area (Å²) in [5, 5.41) is 15.4. The molecule has 0 aliphatic carbocycles. The smallest absolute Gasteiger partial charge is 0.342 e. The summed E-state index contributed by atoms with van der Waals surface area (Å²) in [4.78, 5) is 17.0. The lowest BCUT2D eigenvalue weighted by atomic mass is 10.2. The topological polar surface area (TPSA) is 94.7 Å². The van der Waals surface area contributed by atoms with E-state index in [9.17, 15) is 9.90 Å². The van der Waals surface area contributed by atoms with Gasteiger partial charge in [-0.3, -0.25) is 0 Å². The number of aromatic nitrogens is 2. The molecule has 8 heteroatoms. The van der Waals surface area contributed by atoms with Gasteiger partial charge in [-0.05, 0) is 29.6 Å². The minimum Gasteiger partial charge on any atom is -0.507 e. The Hall–Kier alpha value is -2.87. The Bertz CT molecular complexity index is 813. The van der Waals surface area contributed by atoms with Crippen molar-refractivity contribution in [2.24, 2.45) is 0 Å². The standard InChI is InChI=1S/C15H12N2O5S/c1-20-9-4-5-11(18)10(7-9)15(19)21-8-13-16-14(17-22-13)12-3-2-6-23-12/h2-7,18H,8H2,1H3. The van der Waals surface area contributed by atoms with Crippen molar-refractivity contribution in [3.05, 3.63) is 47.2 Å². The van der Waals surface area contributed by atoms with Gasteiger partial charge in [0.05, 0.1) is 12.0 Å². The number of phenols is 1. The number of rotatable bonds is 5. The quantitative estimate of drug-likeness (QED) is 0.718. The molecule has 0 bridgehead atoms. The lowest BCUT2D eigenvalue weighted by Gasteiger charge is -2.06. The van der Waals surface area contributed by atoms with Gasteiger partial charge in [-0.1, -0.05) is 11.2 Å². The average molecular weight is 332 g/mol. The van der Waals surface area contributed by atoms with E-state index in [4.69, 9.17) is 14.0 Å². The molecule has 1 aromatic carbocycles. The average Bonchev–Trinajstić information content (AvgIpc) is 3.24. The number of aromatic hydroxyl groups is 1. The van der Waals surface area contributed by atoms with Crippen molar-refractivity contribution < 1.29 is 23.9 Å². The highest BCUT2D eigenvalue weighted by molar-refractivity contribution is 7.13. The van der Waals surface area contributed by atoms with Crippen LogP contribution in [0.4, 0.5) is 0 Å². The Labute approximate surface area is 135 Å². The van der Waals surface area contributed by atoms with Gasteiger partial charge in [-0.25, -0.2) is 4.79 Å². The maximum Gasteiger partial charge on any atom is 0.342 e. The minimum absolute atomic E-state index is 0.00217. The number of hydrogen-bond donors (Lipinski definition) is 1. The molecule has 23 heavy (non-hydrogen) atoms. The third kappa shape index (κ3) is 3.32. The van der Waals surface area contributed by atoms with Crippen LogP contribution in [0, 0.1) is 0 Å². The van der Waals surface area contributed by atoms with E-state index < -0.39 is 5.97 Å². The van der Waals surface area contributed by atoms with Crippen LogP contribution < -0.4 is 4.74 Å². The van der Waals surface area contributed by atoms with Gasteiger partial charge < -0.3 is 19.1 Å². The molecule has 0 aliphatic rings. The number of thiophene rings is 1. The van der Waals surface area contributed by atoms with E-state index in [1.807, 2.05) is 17.5 Å². The highest BCUT2D eigenvalue weighted by Gasteiger charge is 2.16. The maximum atomic E-state index is 12.0. The molecule has 3 aromatic rings. The molecule has 0 saturated heterocycles. The molecule has 0 spiro atoms. The van der Waals surface area contributed by atoms with Crippen molar-refractivity contribution in [1.82, 2.24) is 10.1 Å². The van der Waals surface area contributed by atoms with Crippen LogP contribution in [0.25, 0.3) is 10.7 Å². The lowest BCUT2D eigenvalue weighted by molar-refractivity contribution is 0.0426. The number of carbonyl (C=O) groups is 1. The highest BCUT2D eigenvalue weighted by Crippen LogP contribution is 2.24. The summed E-state index contributed by atoms with van der Waals surface area (Å²) >= 11 is 1.48. The van der Waals surface area contributed by atoms with Crippen molar-refractivity contribution >= 4 is 17.3 Å². The van der Waals surface area contributed by atoms with Crippen molar-refractivity contribution in [2.75, 3.05) is 7.11 Å². The van der Waals surface area contributed by atoms with Crippen molar-refractivity contribution in [3.8, 4) is 22.2 Å². The zero-order chi connectivity index (χ0) is 16.2. The summed E-state index contributed by atoms with van der Waals surface area (Å²) in [5.74, 6) is 0.143. The second-order valence-corrected chi connectivity index (χ2v) is 5.40. The Morgan fingerprint density at radius 1 is 1.39 bits per heavy atom. The summed E-state index contributed by atoms with van der Waals surface area (Å²) in [7, 11) is 1.46. The second kappa shape index (κ2) is 6.49. The SMILES string of the molecule is COc1ccc(O)c(C(=O)OCc2nc(-c3cccs3)no2)c1. The number of carbonyl (C=O) groups excluding carboxylic acids is 1. The van der Waals surface area contributed by atoms with Crippen LogP contribution in [-0.2, 0) is 11.3 Å². The number of hydrogen-bond acceptors (Lipinski definition) is 8. The molecule has 3 rings (SSSR count). The summed E-state index contributed by atoms with van der Waals surface area (Å²) in [6.45, 7) is -0.187. The predicted molar refractivity (Wildman–Crippen MR) is 81.4 cm³/mol. The van der Waals surface area contributed by atoms with Crippen LogP contribution in [0.5, 0.6) is 11.5 Å². The van der Waals surface area contributed by atoms with Gasteiger partial charge in [-0.15, -0.1) is 11.3 Å². The lowest BCUT2D eigenvalue weighted by Crippen LogP contribution is -2.06. The molecule has 7 nitrogen and oxygen atoms in total. The Kier molecular flexibility index (Phi) is 4.24. The summed E-state index contributed by atoms with van der Waals surface area (Å²) in [6, 6.07) is 8.03. The third-order valence-electron chi connectivity index (χ3n) is 2.96. The molecule has 1 N–H and O–H groups in total. The molecule has 2 heterocycles. The van der Waals surface area contributed by atoms with Crippen molar-refractivity contribution in [2.45, 2.75) is 6.61 Å². The van der Waals surface area contributed by atoms with Gasteiger partial charge >= 0.3 is 5.97 Å². The fourth-order valence-electron chi connectivity index (χ4n) is 1.83. The molecular formula is C15H12N2O5S. The molecule has 0 aliphatic heterocycles. The Morgan fingerprint density at radius 3 is 3.00 bits per heavy atom. The first-order chi connectivity index (χ1) is 11.2. The molecular weight excluding hydrogens is 320 g/mol. The van der Waals surface area contributed by atoms with Gasteiger partial charge in [-0.2, -0.15) is 4.98 Å². The first-order valence-corrected chi connectivity index (χ1v) is 7.46. The van der Waals surface area contributed by atoms with E-state index in [1.54, 1.807) is 0 Å². The minimum atomic E-state index is -0.711. The van der Waals surface area contributed by atoms with Crippen LogP contribution in [0.1, 0.15) is 16.2 Å². The molecule has 0 fully saturated rings. The molecule has 0 saturated carbocycles. The first kappa shape index (κ1) is 15.0. The molecule has 118 valence electrons. The zero-order valence-electron chi connectivity index (χ0n) is 12.1. The van der Waals surface area contributed by atoms with Gasteiger partial charge in [0.2, 0.25) is 5.82 Å². The number of nitrogens with zero attached hydrogens (tertiary/aromatic N) is 2. The van der Waals surface area contributed by atoms with E-state index in [2.05, 4.69) is 10.1 Å². The van der Waals surface area contributed by atoms with Crippen molar-refractivity contribution in [1.29, 1.82) is 0 Å². The Balaban J connectivity index is 1.67. The Morgan fingerprint density at radius 2 is 2.26 bits per heavy atom. The molecule has 0 amide bonds. The van der Waals surface area contributed by atoms with E-state index in [0.717, 1.165) is 4.88 Å². The number of ether oxygens (including phenoxy) is 2. The van der Waals surface area contributed by atoms with E-state index in [1.165, 1.54) is 36.6 Å². The van der Waals surface area contributed by atoms with Gasteiger partial charge in [0.15, 0.2) is 6.61 Å².